The predicted octanol–water partition coefficient (Wildman–Crippen LogP) is 2.40. The van der Waals surface area contributed by atoms with Crippen LogP contribution in [-0.2, 0) is 4.79 Å². The van der Waals surface area contributed by atoms with Crippen molar-refractivity contribution in [1.29, 1.82) is 0 Å². The molecule has 1 amide bonds. The van der Waals surface area contributed by atoms with Gasteiger partial charge >= 0.3 is 5.97 Å². The van der Waals surface area contributed by atoms with Gasteiger partial charge in [0, 0.05) is 0 Å². The first-order chi connectivity index (χ1) is 12.1. The number of nitrogens with one attached hydrogen (secondary N) is 1. The highest BCUT2D eigenvalue weighted by atomic mass is 16.5. The molecule has 1 saturated carbocycles. The summed E-state index contributed by atoms with van der Waals surface area (Å²) in [7, 11) is 1.46. The Balaban J connectivity index is 1.89. The van der Waals surface area contributed by atoms with E-state index in [4.69, 9.17) is 4.74 Å². The monoisotopic (exact) mass is 343 g/mol. The molecule has 1 fully saturated rings. The van der Waals surface area contributed by atoms with Crippen LogP contribution < -0.4 is 10.1 Å². The van der Waals surface area contributed by atoms with Crippen molar-refractivity contribution in [1.82, 2.24) is 15.1 Å². The number of hydrogen-bond acceptors (Lipinski definition) is 4. The van der Waals surface area contributed by atoms with Crippen LogP contribution in [0.3, 0.4) is 0 Å². The minimum atomic E-state index is -1.23. The lowest BCUT2D eigenvalue weighted by Crippen LogP contribution is -2.55. The number of carboxylic acid groups (broad SMARTS) is 1. The molecule has 1 aromatic heterocycles. The second-order valence-corrected chi connectivity index (χ2v) is 6.23. The van der Waals surface area contributed by atoms with Crippen LogP contribution in [0.2, 0.25) is 0 Å². The van der Waals surface area contributed by atoms with Crippen LogP contribution in [-0.4, -0.2) is 39.4 Å². The SMILES string of the molecule is COc1cn(-c2ccccc2)nc1C(=O)NC1(C(=O)O)CCCCC1. The van der Waals surface area contributed by atoms with Crippen molar-refractivity contribution in [2.24, 2.45) is 0 Å². The lowest BCUT2D eigenvalue weighted by molar-refractivity contribution is -0.145. The van der Waals surface area contributed by atoms with Crippen molar-refractivity contribution in [3.05, 3.63) is 42.2 Å². The molecule has 25 heavy (non-hydrogen) atoms. The first kappa shape index (κ1) is 17.0. The van der Waals surface area contributed by atoms with Gasteiger partial charge in [0.15, 0.2) is 11.4 Å². The van der Waals surface area contributed by atoms with Crippen molar-refractivity contribution in [3.63, 3.8) is 0 Å². The molecule has 2 aromatic rings. The molecule has 2 N–H and O–H groups in total. The van der Waals surface area contributed by atoms with Crippen LogP contribution >= 0.6 is 0 Å². The van der Waals surface area contributed by atoms with Crippen LogP contribution in [0.4, 0.5) is 0 Å². The van der Waals surface area contributed by atoms with E-state index < -0.39 is 17.4 Å². The number of hydrogen-bond donors (Lipinski definition) is 2. The molecule has 0 unspecified atom stereocenters. The second kappa shape index (κ2) is 6.96. The number of aromatic nitrogens is 2. The number of nitrogens with zero attached hydrogens (tertiary/aromatic N) is 2. The van der Waals surface area contributed by atoms with E-state index in [2.05, 4.69) is 10.4 Å². The molecule has 1 aliphatic carbocycles. The summed E-state index contributed by atoms with van der Waals surface area (Å²) in [5, 5.41) is 16.6. The Bertz CT molecular complexity index is 764. The van der Waals surface area contributed by atoms with Gasteiger partial charge in [-0.2, -0.15) is 5.10 Å². The zero-order chi connectivity index (χ0) is 17.9. The second-order valence-electron chi connectivity index (χ2n) is 6.23. The van der Waals surface area contributed by atoms with Crippen LogP contribution in [0.15, 0.2) is 36.5 Å². The quantitative estimate of drug-likeness (QED) is 0.869. The number of carbonyl (C=O) groups excluding carboxylic acids is 1. The molecule has 0 radical (unpaired) electrons. The lowest BCUT2D eigenvalue weighted by atomic mass is 9.81. The first-order valence-corrected chi connectivity index (χ1v) is 8.31. The van der Waals surface area contributed by atoms with Crippen LogP contribution in [0, 0.1) is 0 Å². The van der Waals surface area contributed by atoms with Crippen molar-refractivity contribution in [2.45, 2.75) is 37.6 Å². The van der Waals surface area contributed by atoms with Crippen molar-refractivity contribution < 1.29 is 19.4 Å². The number of carboxylic acids is 1. The Labute approximate surface area is 145 Å². The Morgan fingerprint density at radius 1 is 1.20 bits per heavy atom. The summed E-state index contributed by atoms with van der Waals surface area (Å²) >= 11 is 0. The van der Waals surface area contributed by atoms with Gasteiger partial charge in [-0.15, -0.1) is 0 Å². The van der Waals surface area contributed by atoms with E-state index in [9.17, 15) is 14.7 Å². The van der Waals surface area contributed by atoms with Crippen LogP contribution in [0.25, 0.3) is 5.69 Å². The fourth-order valence-electron chi connectivity index (χ4n) is 3.20. The average Bonchev–Trinajstić information content (AvgIpc) is 3.08. The molecule has 132 valence electrons. The fourth-order valence-corrected chi connectivity index (χ4v) is 3.20. The van der Waals surface area contributed by atoms with Gasteiger partial charge in [0.1, 0.15) is 5.54 Å². The summed E-state index contributed by atoms with van der Waals surface area (Å²) in [5.41, 5.74) is -0.361. The molecule has 1 aliphatic rings. The fraction of sp³-hybridized carbons (Fsp3) is 0.389. The molecule has 1 heterocycles. The third kappa shape index (κ3) is 3.35. The number of rotatable bonds is 5. The lowest BCUT2D eigenvalue weighted by Gasteiger charge is -2.33. The number of benzene rings is 1. The van der Waals surface area contributed by atoms with Crippen molar-refractivity contribution in [3.8, 4) is 11.4 Å². The summed E-state index contributed by atoms with van der Waals surface area (Å²) in [4.78, 5) is 24.5. The van der Waals surface area contributed by atoms with Crippen molar-refractivity contribution >= 4 is 11.9 Å². The minimum Gasteiger partial charge on any atom is -0.493 e. The molecule has 0 bridgehead atoms. The summed E-state index contributed by atoms with van der Waals surface area (Å²) in [6.45, 7) is 0. The molecule has 0 saturated heterocycles. The number of methoxy groups -OCH3 is 1. The summed E-state index contributed by atoms with van der Waals surface area (Å²) in [5.74, 6) is -1.23. The topological polar surface area (TPSA) is 93.5 Å². The Hall–Kier alpha value is -2.83. The smallest absolute Gasteiger partial charge is 0.329 e. The maximum atomic E-state index is 12.7. The zero-order valence-electron chi connectivity index (χ0n) is 14.1. The normalized spacial score (nSPS) is 16.2. The van der Waals surface area contributed by atoms with Gasteiger partial charge in [-0.05, 0) is 25.0 Å². The van der Waals surface area contributed by atoms with E-state index in [0.717, 1.165) is 24.9 Å². The Kier molecular flexibility index (Phi) is 4.74. The number of aliphatic carboxylic acids is 1. The van der Waals surface area contributed by atoms with Gasteiger partial charge in [0.25, 0.3) is 5.91 Å². The number of para-hydroxylation sites is 1. The van der Waals surface area contributed by atoms with Gasteiger partial charge < -0.3 is 15.2 Å². The average molecular weight is 343 g/mol. The van der Waals surface area contributed by atoms with E-state index in [1.807, 2.05) is 30.3 Å². The number of amides is 1. The molecule has 0 aliphatic heterocycles. The maximum absolute atomic E-state index is 12.7. The molecule has 7 nitrogen and oxygen atoms in total. The summed E-state index contributed by atoms with van der Waals surface area (Å²) in [6.07, 6.45) is 5.01. The predicted molar refractivity (Wildman–Crippen MR) is 91.0 cm³/mol. The van der Waals surface area contributed by atoms with E-state index in [1.54, 1.807) is 10.9 Å². The first-order valence-electron chi connectivity index (χ1n) is 8.31. The molecular formula is C18H21N3O4. The maximum Gasteiger partial charge on any atom is 0.329 e. The van der Waals surface area contributed by atoms with E-state index in [-0.39, 0.29) is 5.69 Å². The van der Waals surface area contributed by atoms with E-state index >= 15 is 0 Å². The van der Waals surface area contributed by atoms with Gasteiger partial charge in [0.2, 0.25) is 0 Å². The largest absolute Gasteiger partial charge is 0.493 e. The van der Waals surface area contributed by atoms with Gasteiger partial charge in [-0.1, -0.05) is 37.5 Å². The standard InChI is InChI=1S/C18H21N3O4/c1-25-14-12-21(13-8-4-2-5-9-13)20-15(14)16(22)19-18(17(23)24)10-6-3-7-11-18/h2,4-5,8-9,12H,3,6-7,10-11H2,1H3,(H,19,22)(H,23,24). The highest BCUT2D eigenvalue weighted by Gasteiger charge is 2.42. The highest BCUT2D eigenvalue weighted by molar-refractivity contribution is 5.98. The molecule has 3 rings (SSSR count). The Morgan fingerprint density at radius 3 is 2.48 bits per heavy atom. The third-order valence-corrected chi connectivity index (χ3v) is 4.61. The highest BCUT2D eigenvalue weighted by Crippen LogP contribution is 2.29. The van der Waals surface area contributed by atoms with E-state index in [0.29, 0.717) is 18.6 Å². The molecule has 7 heteroatoms. The summed E-state index contributed by atoms with van der Waals surface area (Å²) < 4.78 is 6.80. The van der Waals surface area contributed by atoms with Crippen LogP contribution in [0.1, 0.15) is 42.6 Å². The number of ether oxygens (including phenoxy) is 1. The zero-order valence-corrected chi connectivity index (χ0v) is 14.1. The number of carbonyl (C=O) groups is 2. The molecule has 0 spiro atoms. The van der Waals surface area contributed by atoms with Gasteiger partial charge in [-0.25, -0.2) is 9.48 Å². The van der Waals surface area contributed by atoms with E-state index in [1.165, 1.54) is 7.11 Å². The summed E-state index contributed by atoms with van der Waals surface area (Å²) in [6, 6.07) is 9.33. The molecular weight excluding hydrogens is 322 g/mol. The Morgan fingerprint density at radius 2 is 1.88 bits per heavy atom. The van der Waals surface area contributed by atoms with Gasteiger partial charge in [-0.3, -0.25) is 4.79 Å². The van der Waals surface area contributed by atoms with Crippen molar-refractivity contribution in [2.75, 3.05) is 7.11 Å². The minimum absolute atomic E-state index is 0.0811. The molecule has 1 aromatic carbocycles. The molecule has 0 atom stereocenters. The van der Waals surface area contributed by atoms with Crippen LogP contribution in [0.5, 0.6) is 5.75 Å². The van der Waals surface area contributed by atoms with Gasteiger partial charge in [0.05, 0.1) is 19.0 Å². The third-order valence-electron chi connectivity index (χ3n) is 4.61.